The molecule has 1 aromatic carbocycles. The van der Waals surface area contributed by atoms with Crippen molar-refractivity contribution < 1.29 is 9.13 Å². The van der Waals surface area contributed by atoms with Crippen molar-refractivity contribution in [2.24, 2.45) is 0 Å². The zero-order valence-corrected chi connectivity index (χ0v) is 10.1. The Labute approximate surface area is 106 Å². The molecule has 0 fully saturated rings. The van der Waals surface area contributed by atoms with Crippen LogP contribution >= 0.6 is 22.9 Å². The number of rotatable bonds is 3. The molecule has 0 aliphatic heterocycles. The van der Waals surface area contributed by atoms with Crippen LogP contribution < -0.4 is 4.74 Å². The van der Waals surface area contributed by atoms with Crippen LogP contribution in [0.5, 0.6) is 5.75 Å². The van der Waals surface area contributed by atoms with E-state index in [1.807, 2.05) is 0 Å². The van der Waals surface area contributed by atoms with Crippen molar-refractivity contribution in [2.45, 2.75) is 6.61 Å². The van der Waals surface area contributed by atoms with Crippen LogP contribution in [-0.4, -0.2) is 4.98 Å². The molecule has 0 radical (unpaired) electrons. The Morgan fingerprint density at radius 1 is 1.53 bits per heavy atom. The highest BCUT2D eigenvalue weighted by molar-refractivity contribution is 7.15. The van der Waals surface area contributed by atoms with E-state index in [0.29, 0.717) is 10.2 Å². The molecule has 3 nitrogen and oxygen atoms in total. The number of halogens is 2. The van der Waals surface area contributed by atoms with Gasteiger partial charge in [0.2, 0.25) is 0 Å². The maximum atomic E-state index is 13.2. The number of aromatic nitrogens is 1. The van der Waals surface area contributed by atoms with Crippen LogP contribution in [0.3, 0.4) is 0 Å². The lowest BCUT2D eigenvalue weighted by Crippen LogP contribution is -1.94. The zero-order valence-electron chi connectivity index (χ0n) is 8.48. The van der Waals surface area contributed by atoms with Crippen molar-refractivity contribution in [1.82, 2.24) is 4.98 Å². The topological polar surface area (TPSA) is 45.9 Å². The molecule has 2 aromatic rings. The third-order valence-corrected chi connectivity index (χ3v) is 3.06. The van der Waals surface area contributed by atoms with Gasteiger partial charge in [0, 0.05) is 12.3 Å². The molecule has 0 N–H and O–H groups in total. The molecule has 0 atom stereocenters. The summed E-state index contributed by atoms with van der Waals surface area (Å²) in [5, 5.41) is 8.57. The van der Waals surface area contributed by atoms with Gasteiger partial charge < -0.3 is 4.74 Å². The summed E-state index contributed by atoms with van der Waals surface area (Å²) in [7, 11) is 0. The standard InChI is InChI=1S/C11H6ClFN2OS/c12-11-15-5-9(17-11)6-16-8-2-1-7(4-14)10(13)3-8/h1-3,5H,6H2. The van der Waals surface area contributed by atoms with Crippen LogP contribution in [0.4, 0.5) is 4.39 Å². The lowest BCUT2D eigenvalue weighted by molar-refractivity contribution is 0.308. The molecular weight excluding hydrogens is 263 g/mol. The minimum absolute atomic E-state index is 0.00168. The molecular formula is C11H6ClFN2OS. The molecule has 0 bridgehead atoms. The number of hydrogen-bond donors (Lipinski definition) is 0. The fourth-order valence-electron chi connectivity index (χ4n) is 1.18. The quantitative estimate of drug-likeness (QED) is 0.857. The van der Waals surface area contributed by atoms with Crippen molar-refractivity contribution in [1.29, 1.82) is 5.26 Å². The molecule has 17 heavy (non-hydrogen) atoms. The highest BCUT2D eigenvalue weighted by Gasteiger charge is 2.05. The van der Waals surface area contributed by atoms with E-state index >= 15 is 0 Å². The number of hydrogen-bond acceptors (Lipinski definition) is 4. The number of benzene rings is 1. The van der Waals surface area contributed by atoms with Gasteiger partial charge in [0.05, 0.1) is 10.4 Å². The summed E-state index contributed by atoms with van der Waals surface area (Å²) >= 11 is 6.96. The molecule has 2 rings (SSSR count). The van der Waals surface area contributed by atoms with E-state index in [0.717, 1.165) is 4.88 Å². The van der Waals surface area contributed by atoms with Gasteiger partial charge in [0.25, 0.3) is 0 Å². The van der Waals surface area contributed by atoms with E-state index in [2.05, 4.69) is 4.98 Å². The van der Waals surface area contributed by atoms with Crippen LogP contribution in [0.2, 0.25) is 4.47 Å². The lowest BCUT2D eigenvalue weighted by atomic mass is 10.2. The van der Waals surface area contributed by atoms with Crippen LogP contribution in [-0.2, 0) is 6.61 Å². The van der Waals surface area contributed by atoms with Gasteiger partial charge in [0.1, 0.15) is 24.2 Å². The van der Waals surface area contributed by atoms with Gasteiger partial charge in [-0.2, -0.15) is 5.26 Å². The molecule has 1 heterocycles. The van der Waals surface area contributed by atoms with E-state index < -0.39 is 5.82 Å². The largest absolute Gasteiger partial charge is 0.488 e. The molecule has 1 aromatic heterocycles. The fraction of sp³-hybridized carbons (Fsp3) is 0.0909. The minimum Gasteiger partial charge on any atom is -0.488 e. The Morgan fingerprint density at radius 2 is 2.35 bits per heavy atom. The summed E-state index contributed by atoms with van der Waals surface area (Å²) in [6.45, 7) is 0.274. The maximum absolute atomic E-state index is 13.2. The summed E-state index contributed by atoms with van der Waals surface area (Å²) in [5.74, 6) is -0.224. The van der Waals surface area contributed by atoms with E-state index in [4.69, 9.17) is 21.6 Å². The average molecular weight is 269 g/mol. The molecule has 0 spiro atoms. The second kappa shape index (κ2) is 5.13. The molecule has 0 saturated carbocycles. The maximum Gasteiger partial charge on any atom is 0.183 e. The van der Waals surface area contributed by atoms with Crippen LogP contribution in [0.25, 0.3) is 0 Å². The Balaban J connectivity index is 2.05. The summed E-state index contributed by atoms with van der Waals surface area (Å²) < 4.78 is 19.0. The van der Waals surface area contributed by atoms with Gasteiger partial charge in [0.15, 0.2) is 4.47 Å². The molecule has 6 heteroatoms. The first-order valence-electron chi connectivity index (χ1n) is 4.61. The predicted molar refractivity (Wildman–Crippen MR) is 62.6 cm³/mol. The third-order valence-electron chi connectivity index (χ3n) is 1.97. The van der Waals surface area contributed by atoms with Crippen molar-refractivity contribution in [3.8, 4) is 11.8 Å². The first-order valence-corrected chi connectivity index (χ1v) is 5.81. The number of thiazole rings is 1. The molecule has 0 aliphatic rings. The predicted octanol–water partition coefficient (Wildman–Crippen LogP) is 3.39. The van der Waals surface area contributed by atoms with Crippen molar-refractivity contribution in [2.75, 3.05) is 0 Å². The average Bonchev–Trinajstić information content (AvgIpc) is 2.73. The van der Waals surface area contributed by atoms with E-state index in [-0.39, 0.29) is 12.2 Å². The number of nitriles is 1. The summed E-state index contributed by atoms with van der Waals surface area (Å²) in [5.41, 5.74) is -0.00168. The molecule has 86 valence electrons. The SMILES string of the molecule is N#Cc1ccc(OCc2cnc(Cl)s2)cc1F. The summed E-state index contributed by atoms with van der Waals surface area (Å²) in [6.07, 6.45) is 1.60. The zero-order chi connectivity index (χ0) is 12.3. The Bertz CT molecular complexity index is 579. The molecule has 0 aliphatic carbocycles. The monoisotopic (exact) mass is 268 g/mol. The second-order valence-corrected chi connectivity index (χ2v) is 4.82. The molecule has 0 unspecified atom stereocenters. The molecule has 0 amide bonds. The number of ether oxygens (including phenoxy) is 1. The lowest BCUT2D eigenvalue weighted by Gasteiger charge is -2.04. The van der Waals surface area contributed by atoms with E-state index in [1.54, 1.807) is 18.3 Å². The Kier molecular flexibility index (Phi) is 3.57. The summed E-state index contributed by atoms with van der Waals surface area (Å²) in [4.78, 5) is 4.71. The van der Waals surface area contributed by atoms with Gasteiger partial charge in [-0.1, -0.05) is 11.6 Å². The van der Waals surface area contributed by atoms with E-state index in [9.17, 15) is 4.39 Å². The second-order valence-electron chi connectivity index (χ2n) is 3.12. The smallest absolute Gasteiger partial charge is 0.183 e. The molecule has 0 saturated heterocycles. The first-order chi connectivity index (χ1) is 8.19. The Morgan fingerprint density at radius 3 is 2.94 bits per heavy atom. The van der Waals surface area contributed by atoms with Gasteiger partial charge in [-0.3, -0.25) is 0 Å². The fourth-order valence-corrected chi connectivity index (χ4v) is 2.07. The van der Waals surface area contributed by atoms with Crippen LogP contribution in [0, 0.1) is 17.1 Å². The highest BCUT2D eigenvalue weighted by Crippen LogP contribution is 2.21. The highest BCUT2D eigenvalue weighted by atomic mass is 35.5. The third kappa shape index (κ3) is 2.93. The van der Waals surface area contributed by atoms with Gasteiger partial charge in [-0.25, -0.2) is 9.37 Å². The Hall–Kier alpha value is -1.64. The summed E-state index contributed by atoms with van der Waals surface area (Å²) in [6, 6.07) is 5.85. The first kappa shape index (κ1) is 11.8. The van der Waals surface area contributed by atoms with Gasteiger partial charge >= 0.3 is 0 Å². The van der Waals surface area contributed by atoms with Crippen LogP contribution in [0.15, 0.2) is 24.4 Å². The van der Waals surface area contributed by atoms with Crippen molar-refractivity contribution in [3.63, 3.8) is 0 Å². The van der Waals surface area contributed by atoms with Gasteiger partial charge in [-0.05, 0) is 12.1 Å². The van der Waals surface area contributed by atoms with Crippen molar-refractivity contribution >= 4 is 22.9 Å². The normalized spacial score (nSPS) is 9.94. The number of nitrogens with zero attached hydrogens (tertiary/aromatic N) is 2. The van der Waals surface area contributed by atoms with Crippen molar-refractivity contribution in [3.05, 3.63) is 45.1 Å². The minimum atomic E-state index is -0.590. The van der Waals surface area contributed by atoms with E-state index in [1.165, 1.54) is 23.5 Å². The van der Waals surface area contributed by atoms with Gasteiger partial charge in [-0.15, -0.1) is 11.3 Å². The van der Waals surface area contributed by atoms with Crippen LogP contribution in [0.1, 0.15) is 10.4 Å².